The van der Waals surface area contributed by atoms with Gasteiger partial charge in [-0.3, -0.25) is 4.99 Å². The van der Waals surface area contributed by atoms with Crippen LogP contribution in [0, 0.1) is 0 Å². The molecule has 0 bridgehead atoms. The summed E-state index contributed by atoms with van der Waals surface area (Å²) in [7, 11) is 0. The second-order valence-corrected chi connectivity index (χ2v) is 15.1. The van der Waals surface area contributed by atoms with E-state index < -0.39 is 0 Å². The van der Waals surface area contributed by atoms with E-state index in [4.69, 9.17) is 4.99 Å². The average molecular weight is 726 g/mol. The molecular weight excluding hydrogens is 671 g/mol. The van der Waals surface area contributed by atoms with Crippen LogP contribution >= 0.6 is 11.8 Å². The van der Waals surface area contributed by atoms with E-state index in [1.54, 1.807) is 23.4 Å². The number of thioether (sulfide) groups is 1. The standard InChI is InChI=1S/C52H55NS/c1-11-20-41(14-4)38(10)53-52(45-27-25-44(26-28-45)43-21-18-17-19-22-43)51-34-48(50(16-6)54-51)31-35(7)39(12-2)23-24-40(13-3)36(8)46-29-30-49-37(9)42(15-5)32-47(49)33-46/h11,13-14,16-31,33,36H,1,3-4,6,12,15,32,34H2,2,5,7-10H3/b35-31+,39-23+,40-24+,41-20+,52-51+,53-38+. The lowest BCUT2D eigenvalue weighted by atomic mass is 9.89. The molecule has 1 aliphatic heterocycles. The van der Waals surface area contributed by atoms with Crippen molar-refractivity contribution < 1.29 is 0 Å². The number of nitrogens with zero attached hydrogens (tertiary/aromatic N) is 1. The minimum Gasteiger partial charge on any atom is -0.252 e. The lowest BCUT2D eigenvalue weighted by molar-refractivity contribution is 0.915. The van der Waals surface area contributed by atoms with E-state index in [-0.39, 0.29) is 5.92 Å². The number of aliphatic imine (C=N–C) groups is 1. The summed E-state index contributed by atoms with van der Waals surface area (Å²) in [5.74, 6) is 0.249. The van der Waals surface area contributed by atoms with Gasteiger partial charge in [-0.2, -0.15) is 0 Å². The molecule has 1 heterocycles. The van der Waals surface area contributed by atoms with Crippen LogP contribution in [0.15, 0.2) is 196 Å². The van der Waals surface area contributed by atoms with Crippen molar-refractivity contribution in [3.63, 3.8) is 0 Å². The number of hydrogen-bond acceptors (Lipinski definition) is 2. The summed E-state index contributed by atoms with van der Waals surface area (Å²) in [5.41, 5.74) is 18.5. The third-order valence-corrected chi connectivity index (χ3v) is 11.9. The maximum absolute atomic E-state index is 5.26. The third kappa shape index (κ3) is 9.12. The molecule has 274 valence electrons. The van der Waals surface area contributed by atoms with E-state index in [9.17, 15) is 0 Å². The molecule has 3 aromatic rings. The normalized spacial score (nSPS) is 17.1. The summed E-state index contributed by atoms with van der Waals surface area (Å²) in [6, 6.07) is 26.3. The summed E-state index contributed by atoms with van der Waals surface area (Å²) in [4.78, 5) is 7.63. The van der Waals surface area contributed by atoms with Crippen molar-refractivity contribution in [2.24, 2.45) is 4.99 Å². The van der Waals surface area contributed by atoms with E-state index in [0.717, 1.165) is 48.2 Å². The molecule has 5 rings (SSSR count). The second-order valence-electron chi connectivity index (χ2n) is 14.0. The Labute approximate surface area is 329 Å². The van der Waals surface area contributed by atoms with Crippen molar-refractivity contribution in [1.82, 2.24) is 0 Å². The van der Waals surface area contributed by atoms with Gasteiger partial charge in [0.15, 0.2) is 0 Å². The van der Waals surface area contributed by atoms with Gasteiger partial charge < -0.3 is 0 Å². The maximum Gasteiger partial charge on any atom is 0.0807 e. The van der Waals surface area contributed by atoms with E-state index in [2.05, 4.69) is 146 Å². The van der Waals surface area contributed by atoms with Crippen LogP contribution in [0.25, 0.3) is 22.4 Å². The lowest BCUT2D eigenvalue weighted by Crippen LogP contribution is -1.98. The molecule has 2 heteroatoms. The first-order valence-electron chi connectivity index (χ1n) is 19.1. The van der Waals surface area contributed by atoms with Gasteiger partial charge in [0.1, 0.15) is 0 Å². The monoisotopic (exact) mass is 725 g/mol. The van der Waals surface area contributed by atoms with Crippen molar-refractivity contribution in [2.75, 3.05) is 0 Å². The van der Waals surface area contributed by atoms with Gasteiger partial charge in [-0.25, -0.2) is 0 Å². The van der Waals surface area contributed by atoms with Crippen LogP contribution in [0.3, 0.4) is 0 Å². The number of rotatable bonds is 15. The Morgan fingerprint density at radius 3 is 2.20 bits per heavy atom. The molecule has 0 fully saturated rings. The molecule has 0 N–H and O–H groups in total. The zero-order chi connectivity index (χ0) is 38.8. The summed E-state index contributed by atoms with van der Waals surface area (Å²) in [5, 5.41) is 0. The third-order valence-electron chi connectivity index (χ3n) is 10.7. The molecule has 1 unspecified atom stereocenters. The van der Waals surface area contributed by atoms with Gasteiger partial charge in [-0.1, -0.05) is 186 Å². The zero-order valence-corrected chi connectivity index (χ0v) is 34.0. The number of hydrogen-bond donors (Lipinski definition) is 0. The Morgan fingerprint density at radius 2 is 1.57 bits per heavy atom. The first-order valence-corrected chi connectivity index (χ1v) is 19.9. The van der Waals surface area contributed by atoms with Crippen LogP contribution in [0.1, 0.15) is 89.0 Å². The molecular formula is C52H55NS. The van der Waals surface area contributed by atoms with Crippen molar-refractivity contribution >= 4 is 28.7 Å². The summed E-state index contributed by atoms with van der Waals surface area (Å²) < 4.78 is 0. The van der Waals surface area contributed by atoms with Gasteiger partial charge in [-0.15, -0.1) is 0 Å². The highest BCUT2D eigenvalue weighted by atomic mass is 32.2. The topological polar surface area (TPSA) is 12.4 Å². The Kier molecular flexibility index (Phi) is 13.9. The molecule has 0 saturated carbocycles. The number of benzene rings is 3. The Hall–Kier alpha value is -5.18. The summed E-state index contributed by atoms with van der Waals surface area (Å²) in [6.07, 6.45) is 20.4. The van der Waals surface area contributed by atoms with Gasteiger partial charge in [-0.05, 0) is 101 Å². The molecule has 54 heavy (non-hydrogen) atoms. The summed E-state index contributed by atoms with van der Waals surface area (Å²) in [6.45, 7) is 29.7. The summed E-state index contributed by atoms with van der Waals surface area (Å²) >= 11 is 1.77. The Balaban J connectivity index is 1.46. The van der Waals surface area contributed by atoms with E-state index >= 15 is 0 Å². The van der Waals surface area contributed by atoms with Crippen molar-refractivity contribution in [3.05, 3.63) is 213 Å². The van der Waals surface area contributed by atoms with E-state index in [1.165, 1.54) is 65.5 Å². The molecule has 3 aromatic carbocycles. The van der Waals surface area contributed by atoms with E-state index in [1.807, 2.05) is 37.3 Å². The number of fused-ring (bicyclic) bond motifs is 1. The first kappa shape index (κ1) is 40.0. The largest absolute Gasteiger partial charge is 0.252 e. The van der Waals surface area contributed by atoms with Gasteiger partial charge >= 0.3 is 0 Å². The number of allylic oxidation sites excluding steroid dienone is 16. The molecule has 1 aliphatic carbocycles. The Morgan fingerprint density at radius 1 is 0.852 bits per heavy atom. The molecule has 0 spiro atoms. The highest BCUT2D eigenvalue weighted by molar-refractivity contribution is 8.07. The highest BCUT2D eigenvalue weighted by Crippen LogP contribution is 2.47. The predicted octanol–water partition coefficient (Wildman–Crippen LogP) is 15.3. The smallest absolute Gasteiger partial charge is 0.0807 e. The van der Waals surface area contributed by atoms with Crippen LogP contribution in [0.5, 0.6) is 0 Å². The SMILES string of the molecule is C=C/C=C(C=C)/C(C)=N/C(=C1\CC(/C=C(C)/C(=C/C=C(\C=C)C(C)c2ccc3c(c2)CC(CC)=C3C)CC)=C(C=C)S1)c1ccc(-c2ccccc2)cc1. The minimum absolute atomic E-state index is 0.249. The minimum atomic E-state index is 0.249. The quantitative estimate of drug-likeness (QED) is 0.112. The molecule has 1 nitrogen and oxygen atoms in total. The fraction of sp³-hybridized carbons (Fsp3) is 0.212. The molecule has 2 aliphatic rings. The van der Waals surface area contributed by atoms with E-state index in [0.29, 0.717) is 0 Å². The fourth-order valence-corrected chi connectivity index (χ4v) is 8.45. The van der Waals surface area contributed by atoms with Crippen LogP contribution in [-0.2, 0) is 6.42 Å². The molecule has 0 saturated heterocycles. The maximum atomic E-state index is 5.26. The van der Waals surface area contributed by atoms with Crippen LogP contribution in [0.4, 0.5) is 0 Å². The molecule has 1 atom stereocenters. The van der Waals surface area contributed by atoms with Gasteiger partial charge in [0, 0.05) is 33.4 Å². The van der Waals surface area contributed by atoms with Crippen LogP contribution in [0.2, 0.25) is 0 Å². The van der Waals surface area contributed by atoms with Crippen molar-refractivity contribution in [2.45, 2.75) is 73.1 Å². The molecule has 0 aromatic heterocycles. The highest BCUT2D eigenvalue weighted by Gasteiger charge is 2.23. The zero-order valence-electron chi connectivity index (χ0n) is 33.1. The predicted molar refractivity (Wildman–Crippen MR) is 242 cm³/mol. The first-order chi connectivity index (χ1) is 26.1. The van der Waals surface area contributed by atoms with Crippen LogP contribution in [-0.4, -0.2) is 5.71 Å². The van der Waals surface area contributed by atoms with Crippen molar-refractivity contribution in [3.8, 4) is 11.1 Å². The van der Waals surface area contributed by atoms with Gasteiger partial charge in [0.25, 0.3) is 0 Å². The van der Waals surface area contributed by atoms with Crippen LogP contribution < -0.4 is 0 Å². The average Bonchev–Trinajstić information content (AvgIpc) is 3.76. The Bertz CT molecular complexity index is 2180. The molecule has 0 radical (unpaired) electrons. The van der Waals surface area contributed by atoms with Gasteiger partial charge in [0.2, 0.25) is 0 Å². The van der Waals surface area contributed by atoms with Gasteiger partial charge in [0.05, 0.1) is 5.70 Å². The molecule has 0 amide bonds. The lowest BCUT2D eigenvalue weighted by Gasteiger charge is -2.15. The second kappa shape index (κ2) is 18.7. The van der Waals surface area contributed by atoms with Crippen molar-refractivity contribution in [1.29, 1.82) is 0 Å². The fourth-order valence-electron chi connectivity index (χ4n) is 7.35.